The molecule has 158 valence electrons. The SMILES string of the molecule is COCC1CCCN(CCNC(=O)CCc2ccc(OC)c(OC)c2OC)C1. The lowest BCUT2D eigenvalue weighted by Crippen LogP contribution is -2.41. The molecule has 1 aromatic rings. The Kier molecular flexibility index (Phi) is 9.37. The van der Waals surface area contributed by atoms with Gasteiger partial charge < -0.3 is 29.2 Å². The highest BCUT2D eigenvalue weighted by molar-refractivity contribution is 5.76. The Morgan fingerprint density at radius 2 is 1.93 bits per heavy atom. The molecule has 1 fully saturated rings. The van der Waals surface area contributed by atoms with Crippen molar-refractivity contribution in [3.05, 3.63) is 17.7 Å². The minimum absolute atomic E-state index is 0.0438. The molecule has 0 aromatic heterocycles. The van der Waals surface area contributed by atoms with Gasteiger partial charge in [-0.25, -0.2) is 0 Å². The van der Waals surface area contributed by atoms with E-state index in [9.17, 15) is 4.79 Å². The van der Waals surface area contributed by atoms with E-state index in [1.54, 1.807) is 28.4 Å². The van der Waals surface area contributed by atoms with Crippen LogP contribution >= 0.6 is 0 Å². The summed E-state index contributed by atoms with van der Waals surface area (Å²) in [6.07, 6.45) is 3.40. The molecule has 0 bridgehead atoms. The standard InChI is InChI=1S/C21H34N2O5/c1-25-15-16-6-5-12-23(14-16)13-11-22-19(24)10-8-17-7-9-18(26-2)21(28-4)20(17)27-3/h7,9,16H,5-6,8,10-15H2,1-4H3,(H,22,24). The summed E-state index contributed by atoms with van der Waals surface area (Å²) in [4.78, 5) is 14.7. The fourth-order valence-electron chi connectivity index (χ4n) is 3.78. The van der Waals surface area contributed by atoms with Gasteiger partial charge in [0.25, 0.3) is 0 Å². The van der Waals surface area contributed by atoms with Gasteiger partial charge in [-0.1, -0.05) is 6.07 Å². The number of nitrogens with one attached hydrogen (secondary N) is 1. The van der Waals surface area contributed by atoms with E-state index in [4.69, 9.17) is 18.9 Å². The quantitative estimate of drug-likeness (QED) is 0.620. The first-order valence-corrected chi connectivity index (χ1v) is 9.88. The van der Waals surface area contributed by atoms with Crippen LogP contribution < -0.4 is 19.5 Å². The highest BCUT2D eigenvalue weighted by Crippen LogP contribution is 2.40. The Bertz CT molecular complexity index is 621. The first-order chi connectivity index (χ1) is 13.6. The largest absolute Gasteiger partial charge is 0.493 e. The average molecular weight is 395 g/mol. The van der Waals surface area contributed by atoms with Gasteiger partial charge in [0.15, 0.2) is 11.5 Å². The number of likely N-dealkylation sites (tertiary alicyclic amines) is 1. The number of hydrogen-bond donors (Lipinski definition) is 1. The number of piperidine rings is 1. The molecule has 1 saturated heterocycles. The van der Waals surface area contributed by atoms with Crippen LogP contribution in [0.2, 0.25) is 0 Å². The first kappa shape index (κ1) is 22.3. The van der Waals surface area contributed by atoms with Crippen LogP contribution in [-0.4, -0.2) is 72.0 Å². The van der Waals surface area contributed by atoms with Gasteiger partial charge in [0.2, 0.25) is 11.7 Å². The lowest BCUT2D eigenvalue weighted by molar-refractivity contribution is -0.121. The third-order valence-corrected chi connectivity index (χ3v) is 5.16. The Morgan fingerprint density at radius 1 is 1.14 bits per heavy atom. The van der Waals surface area contributed by atoms with Gasteiger partial charge >= 0.3 is 0 Å². The molecule has 1 heterocycles. The summed E-state index contributed by atoms with van der Waals surface area (Å²) in [6.45, 7) is 4.51. The lowest BCUT2D eigenvalue weighted by atomic mass is 9.99. The number of carbonyl (C=O) groups excluding carboxylic acids is 1. The second-order valence-corrected chi connectivity index (χ2v) is 7.11. The fraction of sp³-hybridized carbons (Fsp3) is 0.667. The van der Waals surface area contributed by atoms with E-state index in [1.807, 2.05) is 12.1 Å². The molecule has 0 saturated carbocycles. The normalized spacial score (nSPS) is 17.2. The maximum Gasteiger partial charge on any atom is 0.220 e. The minimum Gasteiger partial charge on any atom is -0.493 e. The van der Waals surface area contributed by atoms with Crippen molar-refractivity contribution in [2.45, 2.75) is 25.7 Å². The smallest absolute Gasteiger partial charge is 0.220 e. The second kappa shape index (κ2) is 11.8. The predicted molar refractivity (Wildman–Crippen MR) is 108 cm³/mol. The van der Waals surface area contributed by atoms with Crippen LogP contribution in [0, 0.1) is 5.92 Å². The van der Waals surface area contributed by atoms with E-state index >= 15 is 0 Å². The van der Waals surface area contributed by atoms with Gasteiger partial charge in [-0.2, -0.15) is 0 Å². The Hall–Kier alpha value is -1.99. The molecular weight excluding hydrogens is 360 g/mol. The van der Waals surface area contributed by atoms with Crippen LogP contribution in [0.5, 0.6) is 17.2 Å². The molecule has 7 heteroatoms. The van der Waals surface area contributed by atoms with Gasteiger partial charge in [-0.3, -0.25) is 4.79 Å². The Labute approximate surface area is 168 Å². The maximum atomic E-state index is 12.3. The van der Waals surface area contributed by atoms with Gasteiger partial charge in [0.05, 0.1) is 27.9 Å². The highest BCUT2D eigenvalue weighted by Gasteiger charge is 2.20. The van der Waals surface area contributed by atoms with E-state index in [0.717, 1.165) is 31.8 Å². The summed E-state index contributed by atoms with van der Waals surface area (Å²) >= 11 is 0. The number of ether oxygens (including phenoxy) is 4. The van der Waals surface area contributed by atoms with Crippen LogP contribution in [-0.2, 0) is 16.0 Å². The molecule has 1 aliphatic rings. The third-order valence-electron chi connectivity index (χ3n) is 5.16. The van der Waals surface area contributed by atoms with E-state index in [-0.39, 0.29) is 5.91 Å². The third kappa shape index (κ3) is 6.27. The topological polar surface area (TPSA) is 69.3 Å². The summed E-state index contributed by atoms with van der Waals surface area (Å²) in [5, 5.41) is 3.03. The first-order valence-electron chi connectivity index (χ1n) is 9.88. The molecule has 1 amide bonds. The molecule has 1 aliphatic heterocycles. The zero-order valence-electron chi connectivity index (χ0n) is 17.6. The van der Waals surface area contributed by atoms with E-state index in [0.29, 0.717) is 42.6 Å². The van der Waals surface area contributed by atoms with Crippen molar-refractivity contribution in [3.8, 4) is 17.2 Å². The van der Waals surface area contributed by atoms with Crippen LogP contribution in [0.15, 0.2) is 12.1 Å². The number of amides is 1. The summed E-state index contributed by atoms with van der Waals surface area (Å²) in [5.41, 5.74) is 0.925. The van der Waals surface area contributed by atoms with Crippen molar-refractivity contribution in [3.63, 3.8) is 0 Å². The number of benzene rings is 1. The zero-order chi connectivity index (χ0) is 20.4. The van der Waals surface area contributed by atoms with Crippen LogP contribution in [0.3, 0.4) is 0 Å². The van der Waals surface area contributed by atoms with Gasteiger partial charge in [0, 0.05) is 33.2 Å². The molecule has 28 heavy (non-hydrogen) atoms. The Balaban J connectivity index is 1.78. The number of carbonyl (C=O) groups is 1. The monoisotopic (exact) mass is 394 g/mol. The van der Waals surface area contributed by atoms with Gasteiger partial charge in [-0.15, -0.1) is 0 Å². The molecule has 2 rings (SSSR count). The molecule has 0 aliphatic carbocycles. The van der Waals surface area contributed by atoms with E-state index in [2.05, 4.69) is 10.2 Å². The molecule has 0 radical (unpaired) electrons. The number of methoxy groups -OCH3 is 4. The molecular formula is C21H34N2O5. The Morgan fingerprint density at radius 3 is 2.61 bits per heavy atom. The fourth-order valence-corrected chi connectivity index (χ4v) is 3.78. The van der Waals surface area contributed by atoms with Crippen molar-refractivity contribution in [2.24, 2.45) is 5.92 Å². The summed E-state index contributed by atoms with van der Waals surface area (Å²) in [5.74, 6) is 2.43. The molecule has 7 nitrogen and oxygen atoms in total. The lowest BCUT2D eigenvalue weighted by Gasteiger charge is -2.32. The van der Waals surface area contributed by atoms with Crippen LogP contribution in [0.4, 0.5) is 0 Å². The predicted octanol–water partition coefficient (Wildman–Crippen LogP) is 2.12. The molecule has 1 atom stereocenters. The van der Waals surface area contributed by atoms with Crippen LogP contribution in [0.1, 0.15) is 24.8 Å². The summed E-state index contributed by atoms with van der Waals surface area (Å²) < 4.78 is 21.4. The van der Waals surface area contributed by atoms with Crippen molar-refractivity contribution in [2.75, 3.05) is 61.2 Å². The number of rotatable bonds is 11. The number of nitrogens with zero attached hydrogens (tertiary/aromatic N) is 1. The van der Waals surface area contributed by atoms with Crippen molar-refractivity contribution < 1.29 is 23.7 Å². The van der Waals surface area contributed by atoms with Crippen molar-refractivity contribution in [1.82, 2.24) is 10.2 Å². The minimum atomic E-state index is 0.0438. The molecule has 1 N–H and O–H groups in total. The van der Waals surface area contributed by atoms with Crippen molar-refractivity contribution >= 4 is 5.91 Å². The van der Waals surface area contributed by atoms with Crippen LogP contribution in [0.25, 0.3) is 0 Å². The summed E-state index contributed by atoms with van der Waals surface area (Å²) in [7, 11) is 6.52. The van der Waals surface area contributed by atoms with Gasteiger partial charge in [-0.05, 0) is 43.4 Å². The van der Waals surface area contributed by atoms with Gasteiger partial charge in [0.1, 0.15) is 0 Å². The molecule has 0 spiro atoms. The highest BCUT2D eigenvalue weighted by atomic mass is 16.5. The second-order valence-electron chi connectivity index (χ2n) is 7.11. The zero-order valence-corrected chi connectivity index (χ0v) is 17.6. The number of hydrogen-bond acceptors (Lipinski definition) is 6. The average Bonchev–Trinajstić information content (AvgIpc) is 2.71. The van der Waals surface area contributed by atoms with E-state index in [1.165, 1.54) is 12.8 Å². The summed E-state index contributed by atoms with van der Waals surface area (Å²) in [6, 6.07) is 3.75. The maximum absolute atomic E-state index is 12.3. The molecule has 1 unspecified atom stereocenters. The molecule has 1 aromatic carbocycles. The number of aryl methyl sites for hydroxylation is 1. The van der Waals surface area contributed by atoms with Crippen molar-refractivity contribution in [1.29, 1.82) is 0 Å². The van der Waals surface area contributed by atoms with E-state index < -0.39 is 0 Å².